The molecule has 6 nitrogen and oxygen atoms in total. The number of halogens is 1. The smallest absolute Gasteiger partial charge is 0.235 e. The van der Waals surface area contributed by atoms with Gasteiger partial charge in [-0.05, 0) is 49.1 Å². The van der Waals surface area contributed by atoms with E-state index in [0.717, 1.165) is 12.0 Å². The second-order valence-corrected chi connectivity index (χ2v) is 8.59. The van der Waals surface area contributed by atoms with Gasteiger partial charge in [0.1, 0.15) is 0 Å². The zero-order valence-electron chi connectivity index (χ0n) is 14.2. The molecule has 0 saturated carbocycles. The van der Waals surface area contributed by atoms with E-state index in [2.05, 4.69) is 10.3 Å². The molecule has 138 valence electrons. The van der Waals surface area contributed by atoms with Gasteiger partial charge in [-0.1, -0.05) is 17.7 Å². The fourth-order valence-electron chi connectivity index (χ4n) is 2.91. The van der Waals surface area contributed by atoms with Gasteiger partial charge in [0.25, 0.3) is 0 Å². The Balaban J connectivity index is 1.62. The van der Waals surface area contributed by atoms with Gasteiger partial charge in [0.15, 0.2) is 0 Å². The van der Waals surface area contributed by atoms with Crippen LogP contribution in [0.15, 0.2) is 42.7 Å². The van der Waals surface area contributed by atoms with Crippen LogP contribution in [0.4, 0.5) is 11.4 Å². The number of nitrogens with zero attached hydrogens (tertiary/aromatic N) is 2. The van der Waals surface area contributed by atoms with E-state index < -0.39 is 10.0 Å². The molecule has 0 radical (unpaired) electrons. The Labute approximate surface area is 158 Å². The molecular formula is C18H20ClN3O3S. The van der Waals surface area contributed by atoms with E-state index in [4.69, 9.17) is 11.6 Å². The van der Waals surface area contributed by atoms with Crippen LogP contribution >= 0.6 is 11.6 Å². The summed E-state index contributed by atoms with van der Waals surface area (Å²) in [5.74, 6) is -0.0108. The molecule has 0 aliphatic carbocycles. The monoisotopic (exact) mass is 393 g/mol. The molecular weight excluding hydrogens is 374 g/mol. The maximum atomic E-state index is 12.2. The van der Waals surface area contributed by atoms with Gasteiger partial charge in [0, 0.05) is 25.4 Å². The highest BCUT2D eigenvalue weighted by Crippen LogP contribution is 2.31. The van der Waals surface area contributed by atoms with Gasteiger partial charge in [0.05, 0.1) is 22.2 Å². The van der Waals surface area contributed by atoms with Crippen molar-refractivity contribution in [2.24, 2.45) is 0 Å². The van der Waals surface area contributed by atoms with Crippen molar-refractivity contribution in [2.75, 3.05) is 21.9 Å². The molecule has 2 heterocycles. The summed E-state index contributed by atoms with van der Waals surface area (Å²) in [6.45, 7) is 0.447. The SMILES string of the molecule is O=C(CCCc1cccnc1)Nc1cc(N2CCCS2(=O)=O)ccc1Cl. The van der Waals surface area contributed by atoms with Crippen molar-refractivity contribution in [3.05, 3.63) is 53.3 Å². The van der Waals surface area contributed by atoms with Crippen LogP contribution in [0.5, 0.6) is 0 Å². The summed E-state index contributed by atoms with van der Waals surface area (Å²) in [5, 5.41) is 3.16. The number of hydrogen-bond donors (Lipinski definition) is 1. The predicted molar refractivity (Wildman–Crippen MR) is 103 cm³/mol. The summed E-state index contributed by atoms with van der Waals surface area (Å²) in [7, 11) is -3.27. The average Bonchev–Trinajstić information content (AvgIpc) is 2.97. The molecule has 1 fully saturated rings. The van der Waals surface area contributed by atoms with Crippen LogP contribution in [0.25, 0.3) is 0 Å². The Hall–Kier alpha value is -2.12. The number of sulfonamides is 1. The summed E-state index contributed by atoms with van der Waals surface area (Å²) in [6.07, 6.45) is 5.90. The minimum absolute atomic E-state index is 0.145. The third-order valence-corrected chi connectivity index (χ3v) is 6.40. The molecule has 2 aromatic rings. The highest BCUT2D eigenvalue weighted by atomic mass is 35.5. The van der Waals surface area contributed by atoms with Crippen molar-refractivity contribution in [2.45, 2.75) is 25.7 Å². The van der Waals surface area contributed by atoms with Gasteiger partial charge in [-0.3, -0.25) is 14.1 Å². The molecule has 8 heteroatoms. The molecule has 0 bridgehead atoms. The number of anilines is 2. The highest BCUT2D eigenvalue weighted by molar-refractivity contribution is 7.93. The number of amides is 1. The first-order valence-electron chi connectivity index (χ1n) is 8.44. The van der Waals surface area contributed by atoms with Crippen LogP contribution in [0.1, 0.15) is 24.8 Å². The van der Waals surface area contributed by atoms with E-state index in [1.54, 1.807) is 30.6 Å². The fourth-order valence-corrected chi connectivity index (χ4v) is 4.63. The first-order chi connectivity index (χ1) is 12.5. The van der Waals surface area contributed by atoms with E-state index in [1.807, 2.05) is 12.1 Å². The Kier molecular flexibility index (Phi) is 5.78. The predicted octanol–water partition coefficient (Wildman–Crippen LogP) is 3.24. The molecule has 26 heavy (non-hydrogen) atoms. The van der Waals surface area contributed by atoms with Gasteiger partial charge >= 0.3 is 0 Å². The lowest BCUT2D eigenvalue weighted by molar-refractivity contribution is -0.116. The Bertz CT molecular complexity index is 888. The fraction of sp³-hybridized carbons (Fsp3) is 0.333. The summed E-state index contributed by atoms with van der Waals surface area (Å²) in [4.78, 5) is 16.2. The average molecular weight is 394 g/mol. The van der Waals surface area contributed by atoms with Gasteiger partial charge in [-0.25, -0.2) is 8.42 Å². The van der Waals surface area contributed by atoms with E-state index in [-0.39, 0.29) is 11.7 Å². The molecule has 0 atom stereocenters. The summed E-state index contributed by atoms with van der Waals surface area (Å²) >= 11 is 6.16. The zero-order chi connectivity index (χ0) is 18.6. The van der Waals surface area contributed by atoms with Crippen LogP contribution in [0.2, 0.25) is 5.02 Å². The van der Waals surface area contributed by atoms with Crippen molar-refractivity contribution >= 4 is 38.9 Å². The van der Waals surface area contributed by atoms with E-state index in [1.165, 1.54) is 4.31 Å². The van der Waals surface area contributed by atoms with Crippen LogP contribution in [-0.4, -0.2) is 31.6 Å². The van der Waals surface area contributed by atoms with E-state index in [0.29, 0.717) is 42.2 Å². The molecule has 0 unspecified atom stereocenters. The maximum absolute atomic E-state index is 12.2. The first kappa shape index (κ1) is 18.7. The molecule has 1 N–H and O–H groups in total. The number of carbonyl (C=O) groups is 1. The van der Waals surface area contributed by atoms with Crippen molar-refractivity contribution in [1.82, 2.24) is 4.98 Å². The molecule has 1 aliphatic heterocycles. The van der Waals surface area contributed by atoms with Crippen LogP contribution in [0, 0.1) is 0 Å². The Morgan fingerprint density at radius 2 is 2.15 bits per heavy atom. The Morgan fingerprint density at radius 1 is 1.31 bits per heavy atom. The number of carbonyl (C=O) groups excluding carboxylic acids is 1. The number of nitrogens with one attached hydrogen (secondary N) is 1. The molecule has 1 saturated heterocycles. The van der Waals surface area contributed by atoms with Gasteiger partial charge in [0.2, 0.25) is 15.9 Å². The van der Waals surface area contributed by atoms with Crippen LogP contribution in [-0.2, 0) is 21.2 Å². The van der Waals surface area contributed by atoms with Gasteiger partial charge in [-0.2, -0.15) is 0 Å². The zero-order valence-corrected chi connectivity index (χ0v) is 15.8. The lowest BCUT2D eigenvalue weighted by Crippen LogP contribution is -2.25. The van der Waals surface area contributed by atoms with Crippen LogP contribution < -0.4 is 9.62 Å². The molecule has 1 amide bonds. The quantitative estimate of drug-likeness (QED) is 0.817. The number of benzene rings is 1. The van der Waals surface area contributed by atoms with Gasteiger partial charge in [-0.15, -0.1) is 0 Å². The molecule has 1 aromatic heterocycles. The molecule has 1 aromatic carbocycles. The van der Waals surface area contributed by atoms with Crippen molar-refractivity contribution < 1.29 is 13.2 Å². The second kappa shape index (κ2) is 8.05. The van der Waals surface area contributed by atoms with Crippen molar-refractivity contribution in [3.8, 4) is 0 Å². The van der Waals surface area contributed by atoms with Crippen LogP contribution in [0.3, 0.4) is 0 Å². The minimum atomic E-state index is -3.27. The molecule has 3 rings (SSSR count). The minimum Gasteiger partial charge on any atom is -0.325 e. The van der Waals surface area contributed by atoms with E-state index >= 15 is 0 Å². The Morgan fingerprint density at radius 3 is 2.85 bits per heavy atom. The van der Waals surface area contributed by atoms with Gasteiger partial charge < -0.3 is 5.32 Å². The lowest BCUT2D eigenvalue weighted by Gasteiger charge is -2.18. The molecule has 1 aliphatic rings. The first-order valence-corrected chi connectivity index (χ1v) is 10.4. The lowest BCUT2D eigenvalue weighted by atomic mass is 10.1. The summed E-state index contributed by atoms with van der Waals surface area (Å²) < 4.78 is 25.5. The summed E-state index contributed by atoms with van der Waals surface area (Å²) in [5.41, 5.74) is 2.04. The standard InChI is InChI=1S/C18H20ClN3O3S/c19-16-8-7-15(22-10-3-11-26(22,24)25)12-17(16)21-18(23)6-1-4-14-5-2-9-20-13-14/h2,5,7-9,12-13H,1,3-4,6,10-11H2,(H,21,23). The largest absolute Gasteiger partial charge is 0.325 e. The third kappa shape index (κ3) is 4.53. The van der Waals surface area contributed by atoms with Crippen molar-refractivity contribution in [1.29, 1.82) is 0 Å². The second-order valence-electron chi connectivity index (χ2n) is 6.17. The summed E-state index contributed by atoms with van der Waals surface area (Å²) in [6, 6.07) is 8.72. The number of pyridine rings is 1. The number of aromatic nitrogens is 1. The van der Waals surface area contributed by atoms with E-state index in [9.17, 15) is 13.2 Å². The number of hydrogen-bond acceptors (Lipinski definition) is 4. The third-order valence-electron chi connectivity index (χ3n) is 4.20. The highest BCUT2D eigenvalue weighted by Gasteiger charge is 2.28. The maximum Gasteiger partial charge on any atom is 0.235 e. The molecule has 0 spiro atoms. The topological polar surface area (TPSA) is 79.4 Å². The van der Waals surface area contributed by atoms with Crippen molar-refractivity contribution in [3.63, 3.8) is 0 Å². The number of aryl methyl sites for hydroxylation is 1. The normalized spacial score (nSPS) is 15.8. The number of rotatable bonds is 6.